The number of rotatable bonds is 3. The lowest BCUT2D eigenvalue weighted by Crippen LogP contribution is -2.05. The van der Waals surface area contributed by atoms with Crippen molar-refractivity contribution in [1.29, 1.82) is 0 Å². The first-order chi connectivity index (χ1) is 8.58. The van der Waals surface area contributed by atoms with Crippen LogP contribution in [0.3, 0.4) is 0 Å². The number of aliphatic hydroxyl groups excluding tert-OH is 1. The lowest BCUT2D eigenvalue weighted by molar-refractivity contribution is 0.178. The van der Waals surface area contributed by atoms with Gasteiger partial charge in [0, 0.05) is 29.0 Å². The summed E-state index contributed by atoms with van der Waals surface area (Å²) in [5.41, 5.74) is 9.38. The average molecular weight is 307 g/mol. The van der Waals surface area contributed by atoms with Gasteiger partial charge in [0.1, 0.15) is 0 Å². The highest BCUT2D eigenvalue weighted by Crippen LogP contribution is 2.28. The van der Waals surface area contributed by atoms with Gasteiger partial charge < -0.3 is 10.8 Å². The van der Waals surface area contributed by atoms with Gasteiger partial charge in [-0.15, -0.1) is 0 Å². The number of anilines is 1. The lowest BCUT2D eigenvalue weighted by Gasteiger charge is -2.14. The van der Waals surface area contributed by atoms with E-state index in [0.29, 0.717) is 12.1 Å². The maximum absolute atomic E-state index is 10.3. The summed E-state index contributed by atoms with van der Waals surface area (Å²) >= 11 is 3.47. The molecule has 0 saturated carbocycles. The van der Waals surface area contributed by atoms with Crippen LogP contribution in [-0.4, -0.2) is 10.1 Å². The van der Waals surface area contributed by atoms with Gasteiger partial charge in [0.05, 0.1) is 6.10 Å². The number of nitrogens with zero attached hydrogens (tertiary/aromatic N) is 1. The molecule has 0 saturated heterocycles. The first kappa shape index (κ1) is 13.1. The monoisotopic (exact) mass is 306 g/mol. The van der Waals surface area contributed by atoms with Crippen molar-refractivity contribution in [2.75, 3.05) is 5.73 Å². The molecule has 0 spiro atoms. The highest BCUT2D eigenvalue weighted by molar-refractivity contribution is 9.10. The predicted octanol–water partition coefficient (Wildman–Crippen LogP) is 3.01. The van der Waals surface area contributed by atoms with Gasteiger partial charge in [-0.2, -0.15) is 0 Å². The number of hydrogen-bond acceptors (Lipinski definition) is 3. The minimum Gasteiger partial charge on any atom is -0.398 e. The molecule has 2 rings (SSSR count). The summed E-state index contributed by atoms with van der Waals surface area (Å²) in [7, 11) is 0. The Kier molecular flexibility index (Phi) is 3.99. The molecule has 0 bridgehead atoms. The largest absolute Gasteiger partial charge is 0.398 e. The van der Waals surface area contributed by atoms with E-state index >= 15 is 0 Å². The molecule has 0 radical (unpaired) electrons. The van der Waals surface area contributed by atoms with Crippen LogP contribution in [0.25, 0.3) is 0 Å². The third-order valence-electron chi connectivity index (χ3n) is 2.87. The van der Waals surface area contributed by atoms with Crippen LogP contribution < -0.4 is 5.73 Å². The number of nitrogens with two attached hydrogens (primary N) is 1. The molecule has 18 heavy (non-hydrogen) atoms. The number of aliphatic hydroxyl groups is 1. The summed E-state index contributed by atoms with van der Waals surface area (Å²) in [6, 6.07) is 7.64. The fourth-order valence-electron chi connectivity index (χ4n) is 1.83. The number of halogens is 1. The zero-order valence-corrected chi connectivity index (χ0v) is 11.7. The van der Waals surface area contributed by atoms with Gasteiger partial charge in [0.2, 0.25) is 0 Å². The van der Waals surface area contributed by atoms with Crippen molar-refractivity contribution in [2.24, 2.45) is 0 Å². The van der Waals surface area contributed by atoms with Crippen LogP contribution in [-0.2, 0) is 6.42 Å². The van der Waals surface area contributed by atoms with Crippen molar-refractivity contribution < 1.29 is 5.11 Å². The van der Waals surface area contributed by atoms with Crippen molar-refractivity contribution >= 4 is 21.6 Å². The molecule has 1 atom stereocenters. The van der Waals surface area contributed by atoms with Gasteiger partial charge in [0.15, 0.2) is 0 Å². The minimum absolute atomic E-state index is 0.460. The molecule has 0 aliphatic carbocycles. The molecule has 1 unspecified atom stereocenters. The molecular weight excluding hydrogens is 292 g/mol. The summed E-state index contributed by atoms with van der Waals surface area (Å²) < 4.78 is 0.914. The zero-order chi connectivity index (χ0) is 13.1. The van der Waals surface area contributed by atoms with Crippen LogP contribution in [0, 0.1) is 6.92 Å². The van der Waals surface area contributed by atoms with E-state index in [1.54, 1.807) is 18.5 Å². The van der Waals surface area contributed by atoms with Crippen LogP contribution in [0.15, 0.2) is 41.1 Å². The Morgan fingerprint density at radius 3 is 2.83 bits per heavy atom. The second-order valence-corrected chi connectivity index (χ2v) is 5.17. The Hall–Kier alpha value is -1.39. The van der Waals surface area contributed by atoms with E-state index in [2.05, 4.69) is 20.9 Å². The molecule has 4 heteroatoms. The molecule has 1 heterocycles. The molecule has 1 aromatic heterocycles. The van der Waals surface area contributed by atoms with Crippen LogP contribution in [0.5, 0.6) is 0 Å². The molecule has 94 valence electrons. The lowest BCUT2D eigenvalue weighted by atomic mass is 10.0. The summed E-state index contributed by atoms with van der Waals surface area (Å²) in [4.78, 5) is 4.03. The molecule has 2 aromatic rings. The van der Waals surface area contributed by atoms with Gasteiger partial charge in [-0.1, -0.05) is 28.1 Å². The van der Waals surface area contributed by atoms with E-state index in [4.69, 9.17) is 5.73 Å². The Balaban J connectivity index is 2.22. The average Bonchev–Trinajstić information content (AvgIpc) is 2.32. The molecule has 0 aliphatic rings. The van der Waals surface area contributed by atoms with Gasteiger partial charge in [-0.3, -0.25) is 4.98 Å². The standard InChI is InChI=1S/C14H15BrN2O/c1-9-2-3-11(12(15)6-9)14(18)7-10-8-17-5-4-13(10)16/h2-6,8,14,18H,7H2,1H3,(H2,16,17). The van der Waals surface area contributed by atoms with E-state index in [-0.39, 0.29) is 0 Å². The van der Waals surface area contributed by atoms with Gasteiger partial charge in [0.25, 0.3) is 0 Å². The van der Waals surface area contributed by atoms with Crippen LogP contribution in [0.2, 0.25) is 0 Å². The zero-order valence-electron chi connectivity index (χ0n) is 10.1. The van der Waals surface area contributed by atoms with Gasteiger partial charge in [-0.25, -0.2) is 0 Å². The van der Waals surface area contributed by atoms with Gasteiger partial charge >= 0.3 is 0 Å². The summed E-state index contributed by atoms with van der Waals surface area (Å²) in [5.74, 6) is 0. The second-order valence-electron chi connectivity index (χ2n) is 4.32. The third kappa shape index (κ3) is 2.89. The number of aryl methyl sites for hydroxylation is 1. The van der Waals surface area contributed by atoms with Crippen molar-refractivity contribution in [3.63, 3.8) is 0 Å². The highest BCUT2D eigenvalue weighted by atomic mass is 79.9. The molecule has 0 fully saturated rings. The molecular formula is C14H15BrN2O. The summed E-state index contributed by atoms with van der Waals surface area (Å²) in [5, 5.41) is 10.3. The van der Waals surface area contributed by atoms with E-state index < -0.39 is 6.10 Å². The highest BCUT2D eigenvalue weighted by Gasteiger charge is 2.13. The fourth-order valence-corrected chi connectivity index (χ4v) is 2.59. The smallest absolute Gasteiger partial charge is 0.0842 e. The summed E-state index contributed by atoms with van der Waals surface area (Å²) in [6.45, 7) is 2.01. The molecule has 1 aromatic carbocycles. The number of pyridine rings is 1. The van der Waals surface area contributed by atoms with E-state index in [1.165, 1.54) is 0 Å². The van der Waals surface area contributed by atoms with Crippen molar-refractivity contribution in [1.82, 2.24) is 4.98 Å². The SMILES string of the molecule is Cc1ccc(C(O)Cc2cnccc2N)c(Br)c1. The van der Waals surface area contributed by atoms with Crippen molar-refractivity contribution in [2.45, 2.75) is 19.4 Å². The number of nitrogen functional groups attached to an aromatic ring is 1. The summed E-state index contributed by atoms with van der Waals surface area (Å²) in [6.07, 6.45) is 3.21. The van der Waals surface area contributed by atoms with E-state index in [0.717, 1.165) is 21.2 Å². The Labute approximate surface area is 115 Å². The quantitative estimate of drug-likeness (QED) is 0.916. The van der Waals surface area contributed by atoms with Crippen LogP contribution in [0.1, 0.15) is 22.8 Å². The fraction of sp³-hybridized carbons (Fsp3) is 0.214. The Bertz CT molecular complexity index is 557. The minimum atomic E-state index is -0.591. The number of aromatic nitrogens is 1. The van der Waals surface area contributed by atoms with Crippen molar-refractivity contribution in [3.8, 4) is 0 Å². The van der Waals surface area contributed by atoms with E-state index in [1.807, 2.05) is 25.1 Å². The molecule has 0 amide bonds. The maximum atomic E-state index is 10.3. The van der Waals surface area contributed by atoms with E-state index in [9.17, 15) is 5.11 Å². The van der Waals surface area contributed by atoms with Crippen LogP contribution >= 0.6 is 15.9 Å². The molecule has 0 aliphatic heterocycles. The first-order valence-electron chi connectivity index (χ1n) is 5.70. The molecule has 3 N–H and O–H groups in total. The predicted molar refractivity (Wildman–Crippen MR) is 76.2 cm³/mol. The third-order valence-corrected chi connectivity index (χ3v) is 3.56. The Morgan fingerprint density at radius 1 is 1.39 bits per heavy atom. The second kappa shape index (κ2) is 5.50. The number of hydrogen-bond donors (Lipinski definition) is 2. The molecule has 3 nitrogen and oxygen atoms in total. The first-order valence-corrected chi connectivity index (χ1v) is 6.49. The Morgan fingerprint density at radius 2 is 2.17 bits per heavy atom. The topological polar surface area (TPSA) is 59.1 Å². The normalized spacial score (nSPS) is 12.4. The van der Waals surface area contributed by atoms with Gasteiger partial charge in [-0.05, 0) is 35.7 Å². The number of benzene rings is 1. The van der Waals surface area contributed by atoms with Crippen molar-refractivity contribution in [3.05, 3.63) is 57.8 Å². The maximum Gasteiger partial charge on any atom is 0.0842 e. The van der Waals surface area contributed by atoms with Crippen LogP contribution in [0.4, 0.5) is 5.69 Å².